The van der Waals surface area contributed by atoms with Crippen LogP contribution in [0.2, 0.25) is 0 Å². The number of carbonyl (C=O) groups is 1. The minimum absolute atomic E-state index is 0. The van der Waals surface area contributed by atoms with Gasteiger partial charge < -0.3 is 10.1 Å². The van der Waals surface area contributed by atoms with Crippen molar-refractivity contribution in [2.75, 3.05) is 0 Å². The zero-order valence-electron chi connectivity index (χ0n) is 9.03. The van der Waals surface area contributed by atoms with E-state index in [9.17, 15) is 4.79 Å². The Hall–Kier alpha value is -0.488. The van der Waals surface area contributed by atoms with Crippen LogP contribution in [-0.4, -0.2) is 18.4 Å². The maximum Gasteiger partial charge on any atom is 0.137 e. The fourth-order valence-corrected chi connectivity index (χ4v) is 1.39. The van der Waals surface area contributed by atoms with E-state index in [1.165, 1.54) is 0 Å². The first kappa shape index (κ1) is 14.5. The van der Waals surface area contributed by atoms with Gasteiger partial charge in [-0.3, -0.25) is 0 Å². The third-order valence-electron chi connectivity index (χ3n) is 1.95. The molecule has 1 N–H and O–H groups in total. The second-order valence-corrected chi connectivity index (χ2v) is 3.68. The smallest absolute Gasteiger partial charge is 0.137 e. The predicted octanol–water partition coefficient (Wildman–Crippen LogP) is 1.59. The maximum absolute atomic E-state index is 10.8. The van der Waals surface area contributed by atoms with Gasteiger partial charge in [0.2, 0.25) is 0 Å². The second-order valence-electron chi connectivity index (χ2n) is 3.68. The van der Waals surface area contributed by atoms with Gasteiger partial charge in [0.1, 0.15) is 6.29 Å². The van der Waals surface area contributed by atoms with Gasteiger partial charge >= 0.3 is 0 Å². The fourth-order valence-electron chi connectivity index (χ4n) is 1.39. The SMILES string of the molecule is CC(C)NC(C=O)Cc1cc[c-]cc1.[Re]. The molecule has 0 fully saturated rings. The van der Waals surface area contributed by atoms with Crippen molar-refractivity contribution in [1.29, 1.82) is 0 Å². The van der Waals surface area contributed by atoms with Crippen molar-refractivity contribution in [3.05, 3.63) is 35.9 Å². The number of aldehydes is 1. The van der Waals surface area contributed by atoms with Gasteiger partial charge in [-0.1, -0.05) is 13.8 Å². The summed E-state index contributed by atoms with van der Waals surface area (Å²) >= 11 is 0. The van der Waals surface area contributed by atoms with Crippen molar-refractivity contribution in [2.24, 2.45) is 0 Å². The van der Waals surface area contributed by atoms with Crippen LogP contribution in [0.1, 0.15) is 19.4 Å². The Bertz CT molecular complexity index is 274. The van der Waals surface area contributed by atoms with E-state index in [1.807, 2.05) is 38.1 Å². The molecule has 0 amide bonds. The van der Waals surface area contributed by atoms with Crippen LogP contribution in [-0.2, 0) is 31.6 Å². The monoisotopic (exact) mass is 377 g/mol. The summed E-state index contributed by atoms with van der Waals surface area (Å²) < 4.78 is 0. The van der Waals surface area contributed by atoms with Crippen LogP contribution in [0.5, 0.6) is 0 Å². The molecule has 1 rings (SSSR count). The molecule has 3 heteroatoms. The van der Waals surface area contributed by atoms with Crippen molar-refractivity contribution in [3.63, 3.8) is 0 Å². The van der Waals surface area contributed by atoms with Gasteiger partial charge in [0, 0.05) is 26.5 Å². The van der Waals surface area contributed by atoms with Crippen molar-refractivity contribution in [1.82, 2.24) is 5.32 Å². The fraction of sp³-hybridized carbons (Fsp3) is 0.417. The molecule has 2 nitrogen and oxygen atoms in total. The Morgan fingerprint density at radius 1 is 1.40 bits per heavy atom. The van der Waals surface area contributed by atoms with Crippen LogP contribution in [0, 0.1) is 6.07 Å². The Balaban J connectivity index is 0.00000196. The molecule has 0 saturated heterocycles. The van der Waals surface area contributed by atoms with E-state index < -0.39 is 0 Å². The molecule has 1 aromatic carbocycles. The molecule has 1 radical (unpaired) electrons. The van der Waals surface area contributed by atoms with Gasteiger partial charge in [0.25, 0.3) is 0 Å². The van der Waals surface area contributed by atoms with E-state index in [1.54, 1.807) is 0 Å². The third kappa shape index (κ3) is 5.84. The minimum Gasteiger partial charge on any atom is -0.305 e. The molecule has 0 bridgehead atoms. The zero-order chi connectivity index (χ0) is 10.4. The molecule has 0 spiro atoms. The molecule has 1 atom stereocenters. The average Bonchev–Trinajstić information content (AvgIpc) is 2.17. The van der Waals surface area contributed by atoms with Gasteiger partial charge in [-0.05, 0) is 6.42 Å². The van der Waals surface area contributed by atoms with Gasteiger partial charge in [-0.25, -0.2) is 0 Å². The Kier molecular flexibility index (Phi) is 7.51. The second kappa shape index (κ2) is 7.76. The van der Waals surface area contributed by atoms with E-state index >= 15 is 0 Å². The molecule has 0 aliphatic rings. The van der Waals surface area contributed by atoms with Gasteiger partial charge in [0.15, 0.2) is 0 Å². The normalized spacial score (nSPS) is 11.9. The van der Waals surface area contributed by atoms with Crippen molar-refractivity contribution in [3.8, 4) is 0 Å². The van der Waals surface area contributed by atoms with Crippen molar-refractivity contribution >= 4 is 6.29 Å². The standard InChI is InChI=1S/C12H16NO.Re/c1-10(2)13-12(9-14)8-11-6-4-3-5-7-11;/h4-7,9-10,12-13H,8H2,1-2H3;/q-1;. The van der Waals surface area contributed by atoms with Crippen LogP contribution in [0.15, 0.2) is 24.3 Å². The average molecular weight is 376 g/mol. The van der Waals surface area contributed by atoms with Crippen LogP contribution in [0.25, 0.3) is 0 Å². The molecule has 0 heterocycles. The molecule has 1 aromatic rings. The van der Waals surface area contributed by atoms with E-state index in [2.05, 4.69) is 11.4 Å². The van der Waals surface area contributed by atoms with Gasteiger partial charge in [0.05, 0.1) is 6.04 Å². The predicted molar refractivity (Wildman–Crippen MR) is 57.1 cm³/mol. The number of rotatable bonds is 5. The number of hydrogen-bond acceptors (Lipinski definition) is 2. The molecule has 0 aliphatic heterocycles. The summed E-state index contributed by atoms with van der Waals surface area (Å²) in [5.41, 5.74) is 1.16. The molecule has 0 saturated carbocycles. The van der Waals surface area contributed by atoms with E-state index in [0.717, 1.165) is 18.3 Å². The van der Waals surface area contributed by atoms with E-state index in [0.29, 0.717) is 6.04 Å². The third-order valence-corrected chi connectivity index (χ3v) is 1.95. The number of benzene rings is 1. The quantitative estimate of drug-likeness (QED) is 0.625. The Labute approximate surface area is 105 Å². The van der Waals surface area contributed by atoms with Crippen LogP contribution >= 0.6 is 0 Å². The molecule has 0 aliphatic carbocycles. The Morgan fingerprint density at radius 3 is 2.47 bits per heavy atom. The summed E-state index contributed by atoms with van der Waals surface area (Å²) in [7, 11) is 0. The number of nitrogens with one attached hydrogen (secondary N) is 1. The number of carbonyl (C=O) groups excluding carboxylic acids is 1. The summed E-state index contributed by atoms with van der Waals surface area (Å²) in [5, 5.41) is 3.20. The Morgan fingerprint density at radius 2 is 2.00 bits per heavy atom. The topological polar surface area (TPSA) is 29.1 Å². The van der Waals surface area contributed by atoms with Crippen molar-refractivity contribution in [2.45, 2.75) is 32.4 Å². The molecule has 15 heavy (non-hydrogen) atoms. The molecular weight excluding hydrogens is 360 g/mol. The summed E-state index contributed by atoms with van der Waals surface area (Å²) in [6.07, 6.45) is 1.72. The van der Waals surface area contributed by atoms with Crippen LogP contribution in [0.4, 0.5) is 0 Å². The maximum atomic E-state index is 10.8. The summed E-state index contributed by atoms with van der Waals surface area (Å²) in [6.45, 7) is 4.07. The molecule has 0 aromatic heterocycles. The molecule has 1 unspecified atom stereocenters. The van der Waals surface area contributed by atoms with E-state index in [-0.39, 0.29) is 26.5 Å². The van der Waals surface area contributed by atoms with Crippen LogP contribution < -0.4 is 5.32 Å². The van der Waals surface area contributed by atoms with Crippen molar-refractivity contribution < 1.29 is 25.2 Å². The van der Waals surface area contributed by atoms with Crippen LogP contribution in [0.3, 0.4) is 0 Å². The van der Waals surface area contributed by atoms with Gasteiger partial charge in [-0.15, -0.1) is 0 Å². The van der Waals surface area contributed by atoms with Gasteiger partial charge in [-0.2, -0.15) is 35.9 Å². The molecular formula is C12H16NORe-. The minimum atomic E-state index is -0.0857. The largest absolute Gasteiger partial charge is 0.305 e. The first-order chi connectivity index (χ1) is 6.72. The molecule has 83 valence electrons. The number of hydrogen-bond donors (Lipinski definition) is 1. The zero-order valence-corrected chi connectivity index (χ0v) is 11.8. The summed E-state index contributed by atoms with van der Waals surface area (Å²) in [4.78, 5) is 10.8. The summed E-state index contributed by atoms with van der Waals surface area (Å²) in [5.74, 6) is 0. The van der Waals surface area contributed by atoms with E-state index in [4.69, 9.17) is 0 Å². The summed E-state index contributed by atoms with van der Waals surface area (Å²) in [6, 6.07) is 10.9. The first-order valence-corrected chi connectivity index (χ1v) is 4.88. The first-order valence-electron chi connectivity index (χ1n) is 4.88.